The summed E-state index contributed by atoms with van der Waals surface area (Å²) in [5, 5.41) is 0.387. The zero-order chi connectivity index (χ0) is 29.7. The number of hydrogen-bond acceptors (Lipinski definition) is 9. The van der Waals surface area contributed by atoms with Crippen molar-refractivity contribution in [2.24, 2.45) is 0 Å². The molecule has 43 heavy (non-hydrogen) atoms. The van der Waals surface area contributed by atoms with Crippen molar-refractivity contribution in [3.63, 3.8) is 0 Å². The van der Waals surface area contributed by atoms with Crippen LogP contribution in [0.15, 0.2) is 47.4 Å². The van der Waals surface area contributed by atoms with E-state index < -0.39 is 21.9 Å². The van der Waals surface area contributed by atoms with Gasteiger partial charge in [-0.3, -0.25) is 14.6 Å². The zero-order valence-corrected chi connectivity index (χ0v) is 26.3. The van der Waals surface area contributed by atoms with Crippen LogP contribution in [-0.2, 0) is 19.5 Å². The van der Waals surface area contributed by atoms with Crippen molar-refractivity contribution >= 4 is 61.1 Å². The van der Waals surface area contributed by atoms with Crippen LogP contribution in [0.1, 0.15) is 23.7 Å². The zero-order valence-electron chi connectivity index (χ0n) is 23.8. The molecular formula is C28H35ClFN5O6S2. The first-order valence-corrected chi connectivity index (χ1v) is 16.2. The van der Waals surface area contributed by atoms with E-state index in [0.717, 1.165) is 19.6 Å². The van der Waals surface area contributed by atoms with Gasteiger partial charge in [0.2, 0.25) is 10.0 Å². The summed E-state index contributed by atoms with van der Waals surface area (Å²) in [6.07, 6.45) is 0.219. The fourth-order valence-electron chi connectivity index (χ4n) is 4.98. The number of hydrogen-bond donors (Lipinski definition) is 0. The van der Waals surface area contributed by atoms with Crippen molar-refractivity contribution in [2.45, 2.75) is 18.2 Å². The van der Waals surface area contributed by atoms with Crippen molar-refractivity contribution in [2.75, 3.05) is 77.1 Å². The highest BCUT2D eigenvalue weighted by Crippen LogP contribution is 2.31. The number of anilines is 1. The number of nitrogens with zero attached hydrogens (tertiary/aromatic N) is 5. The monoisotopic (exact) mass is 655 g/mol. The number of thiazole rings is 1. The van der Waals surface area contributed by atoms with Crippen LogP contribution in [-0.4, -0.2) is 112 Å². The first-order chi connectivity index (χ1) is 20.3. The van der Waals surface area contributed by atoms with E-state index in [1.165, 1.54) is 50.9 Å². The van der Waals surface area contributed by atoms with E-state index in [1.54, 1.807) is 24.0 Å². The molecule has 3 heterocycles. The maximum Gasteiger partial charge on any atom is 0.409 e. The SMILES string of the molecule is CCOC(=O)N1CCN(S(=O)(=O)c2ccc(C(=O)N(CCCN3CCOCC3)c3nc4c(F)cccc4s3)cc2)CC1.Cl. The van der Waals surface area contributed by atoms with Crippen LogP contribution >= 0.6 is 23.7 Å². The highest BCUT2D eigenvalue weighted by atomic mass is 35.5. The quantitative estimate of drug-likeness (QED) is 0.343. The van der Waals surface area contributed by atoms with E-state index >= 15 is 0 Å². The second-order valence-electron chi connectivity index (χ2n) is 9.96. The van der Waals surface area contributed by atoms with Gasteiger partial charge in [0.1, 0.15) is 11.3 Å². The number of halogens is 2. The van der Waals surface area contributed by atoms with Crippen LogP contribution in [0.4, 0.5) is 14.3 Å². The number of rotatable bonds is 9. The number of aromatic nitrogens is 1. The predicted molar refractivity (Wildman–Crippen MR) is 164 cm³/mol. The first-order valence-electron chi connectivity index (χ1n) is 14.0. The molecule has 0 atom stereocenters. The Morgan fingerprint density at radius 2 is 1.74 bits per heavy atom. The van der Waals surface area contributed by atoms with Crippen LogP contribution in [0, 0.1) is 5.82 Å². The van der Waals surface area contributed by atoms with Crippen LogP contribution in [0.2, 0.25) is 0 Å². The molecule has 0 bridgehead atoms. The number of para-hydroxylation sites is 1. The van der Waals surface area contributed by atoms with E-state index in [-0.39, 0.29) is 61.5 Å². The third-order valence-electron chi connectivity index (χ3n) is 7.30. The Bertz CT molecular complexity index is 1510. The number of ether oxygens (including phenoxy) is 2. The average Bonchev–Trinajstić information content (AvgIpc) is 3.45. The van der Waals surface area contributed by atoms with E-state index in [2.05, 4.69) is 9.88 Å². The molecule has 2 saturated heterocycles. The first kappa shape index (κ1) is 33.0. The van der Waals surface area contributed by atoms with Gasteiger partial charge in [0.05, 0.1) is 29.4 Å². The minimum atomic E-state index is -3.83. The maximum absolute atomic E-state index is 14.4. The Labute approximate surface area is 260 Å². The predicted octanol–water partition coefficient (Wildman–Crippen LogP) is 3.69. The highest BCUT2D eigenvalue weighted by molar-refractivity contribution is 7.89. The normalized spacial score (nSPS) is 16.6. The molecule has 2 fully saturated rings. The minimum absolute atomic E-state index is 0. The van der Waals surface area contributed by atoms with Gasteiger partial charge in [-0.2, -0.15) is 4.31 Å². The summed E-state index contributed by atoms with van der Waals surface area (Å²) < 4.78 is 53.4. The molecule has 2 aliphatic rings. The van der Waals surface area contributed by atoms with E-state index in [1.807, 2.05) is 0 Å². The molecule has 2 aliphatic heterocycles. The summed E-state index contributed by atoms with van der Waals surface area (Å²) in [6.45, 7) is 6.87. The van der Waals surface area contributed by atoms with Crippen molar-refractivity contribution < 1.29 is 31.9 Å². The molecule has 0 saturated carbocycles. The molecule has 2 aromatic carbocycles. The molecule has 0 N–H and O–H groups in total. The fraction of sp³-hybridized carbons (Fsp3) is 0.464. The lowest BCUT2D eigenvalue weighted by molar-refractivity contribution is 0.0376. The summed E-state index contributed by atoms with van der Waals surface area (Å²) >= 11 is 1.24. The van der Waals surface area contributed by atoms with Crippen molar-refractivity contribution in [1.29, 1.82) is 0 Å². The van der Waals surface area contributed by atoms with Gasteiger partial charge in [0, 0.05) is 57.9 Å². The van der Waals surface area contributed by atoms with Crippen LogP contribution in [0.5, 0.6) is 0 Å². The summed E-state index contributed by atoms with van der Waals surface area (Å²) in [7, 11) is -3.83. The van der Waals surface area contributed by atoms with Gasteiger partial charge < -0.3 is 14.4 Å². The Balaban J connectivity index is 0.00000423. The van der Waals surface area contributed by atoms with Gasteiger partial charge in [0.25, 0.3) is 5.91 Å². The summed E-state index contributed by atoms with van der Waals surface area (Å²) in [5.41, 5.74) is 0.514. The lowest BCUT2D eigenvalue weighted by Crippen LogP contribution is -2.50. The molecule has 234 valence electrons. The number of amides is 2. The van der Waals surface area contributed by atoms with E-state index in [0.29, 0.717) is 41.6 Å². The van der Waals surface area contributed by atoms with Gasteiger partial charge in [0.15, 0.2) is 5.13 Å². The highest BCUT2D eigenvalue weighted by Gasteiger charge is 2.31. The Morgan fingerprint density at radius 1 is 1.05 bits per heavy atom. The number of sulfonamides is 1. The molecule has 2 amide bonds. The number of carbonyl (C=O) groups is 2. The fourth-order valence-corrected chi connectivity index (χ4v) is 7.41. The van der Waals surface area contributed by atoms with Gasteiger partial charge in [-0.05, 0) is 49.7 Å². The largest absolute Gasteiger partial charge is 0.450 e. The van der Waals surface area contributed by atoms with Gasteiger partial charge in [-0.25, -0.2) is 22.6 Å². The molecular weight excluding hydrogens is 621 g/mol. The smallest absolute Gasteiger partial charge is 0.409 e. The number of benzene rings is 2. The van der Waals surface area contributed by atoms with Gasteiger partial charge in [-0.15, -0.1) is 12.4 Å². The number of piperazine rings is 1. The van der Waals surface area contributed by atoms with Crippen molar-refractivity contribution in [1.82, 2.24) is 19.1 Å². The molecule has 0 radical (unpaired) electrons. The molecule has 1 aromatic heterocycles. The van der Waals surface area contributed by atoms with Crippen LogP contribution in [0.3, 0.4) is 0 Å². The van der Waals surface area contributed by atoms with Crippen LogP contribution in [0.25, 0.3) is 10.2 Å². The standard InChI is InChI=1S/C28H34FN5O6S2.ClH/c1-2-40-28(36)32-13-15-33(16-14-32)42(37,38)22-9-7-21(8-10-22)26(35)34(12-4-11-31-17-19-39-20-18-31)27-30-25-23(29)5-3-6-24(25)41-27;/h3,5-10H,2,4,11-20H2,1H3;1H. The topological polar surface area (TPSA) is 113 Å². The second-order valence-corrected chi connectivity index (χ2v) is 12.9. The third kappa shape index (κ3) is 7.62. The van der Waals surface area contributed by atoms with Crippen LogP contribution < -0.4 is 4.90 Å². The molecule has 11 nitrogen and oxygen atoms in total. The second kappa shape index (κ2) is 14.7. The van der Waals surface area contributed by atoms with Gasteiger partial charge in [-0.1, -0.05) is 17.4 Å². The molecule has 5 rings (SSSR count). The summed E-state index contributed by atoms with van der Waals surface area (Å²) in [5.74, 6) is -0.795. The molecule has 0 spiro atoms. The Kier molecular flexibility index (Phi) is 11.3. The lowest BCUT2D eigenvalue weighted by atomic mass is 10.2. The van der Waals surface area contributed by atoms with Gasteiger partial charge >= 0.3 is 6.09 Å². The van der Waals surface area contributed by atoms with Crippen molar-refractivity contribution in [3.8, 4) is 0 Å². The Hall–Kier alpha value is -2.88. The number of morpholine rings is 1. The average molecular weight is 656 g/mol. The lowest BCUT2D eigenvalue weighted by Gasteiger charge is -2.33. The molecule has 0 aliphatic carbocycles. The minimum Gasteiger partial charge on any atom is -0.450 e. The maximum atomic E-state index is 14.4. The van der Waals surface area contributed by atoms with E-state index in [9.17, 15) is 22.4 Å². The number of carbonyl (C=O) groups excluding carboxylic acids is 2. The molecule has 15 heteroatoms. The number of fused-ring (bicyclic) bond motifs is 1. The molecule has 0 unspecified atom stereocenters. The van der Waals surface area contributed by atoms with Crippen molar-refractivity contribution in [3.05, 3.63) is 53.8 Å². The third-order valence-corrected chi connectivity index (χ3v) is 10.3. The summed E-state index contributed by atoms with van der Waals surface area (Å²) in [4.78, 5) is 35.5. The Morgan fingerprint density at radius 3 is 2.40 bits per heavy atom. The summed E-state index contributed by atoms with van der Waals surface area (Å²) in [6, 6.07) is 10.5. The van der Waals surface area contributed by atoms with E-state index in [4.69, 9.17) is 9.47 Å². The molecule has 3 aromatic rings.